The molecular formula is C20H16F3NO5. The zero-order chi connectivity index (χ0) is 21.0. The highest BCUT2D eigenvalue weighted by atomic mass is 19.4. The van der Waals surface area contributed by atoms with Crippen LogP contribution < -0.4 is 0 Å². The lowest BCUT2D eigenvalue weighted by Crippen LogP contribution is -2.52. The van der Waals surface area contributed by atoms with Crippen molar-refractivity contribution < 1.29 is 36.8 Å². The number of hydrogen-bond acceptors (Lipinski definition) is 6. The lowest BCUT2D eigenvalue weighted by molar-refractivity contribution is -0.253. The summed E-state index contributed by atoms with van der Waals surface area (Å²) in [6.45, 7) is 3.57. The molecule has 0 N–H and O–H groups in total. The maximum Gasteiger partial charge on any atom is 0.417 e. The maximum atomic E-state index is 13.3. The zero-order valence-electron chi connectivity index (χ0n) is 15.4. The van der Waals surface area contributed by atoms with Crippen LogP contribution >= 0.6 is 0 Å². The van der Waals surface area contributed by atoms with Gasteiger partial charge < -0.3 is 14.0 Å². The van der Waals surface area contributed by atoms with Crippen molar-refractivity contribution in [2.45, 2.75) is 26.3 Å². The fourth-order valence-corrected chi connectivity index (χ4v) is 3.73. The number of esters is 1. The number of rotatable bonds is 1. The van der Waals surface area contributed by atoms with Gasteiger partial charge in [-0.05, 0) is 17.7 Å². The topological polar surface area (TPSA) is 69.0 Å². The third-order valence-electron chi connectivity index (χ3n) is 5.05. The van der Waals surface area contributed by atoms with E-state index in [1.54, 1.807) is 19.9 Å². The molecule has 152 valence electrons. The molecule has 3 heterocycles. The minimum atomic E-state index is -4.52. The number of benzene rings is 1. The van der Waals surface area contributed by atoms with Gasteiger partial charge in [0.2, 0.25) is 0 Å². The highest BCUT2D eigenvalue weighted by Crippen LogP contribution is 2.47. The molecule has 0 bridgehead atoms. The third-order valence-corrected chi connectivity index (χ3v) is 5.05. The zero-order valence-corrected chi connectivity index (χ0v) is 15.4. The smallest absolute Gasteiger partial charge is 0.417 e. The number of halogens is 3. The van der Waals surface area contributed by atoms with Gasteiger partial charge in [-0.1, -0.05) is 31.1 Å². The molecule has 2 aliphatic heterocycles. The summed E-state index contributed by atoms with van der Waals surface area (Å²) in [6, 6.07) is 3.62. The number of ether oxygens (including phenoxy) is 1. The first kappa shape index (κ1) is 19.3. The van der Waals surface area contributed by atoms with E-state index in [0.717, 1.165) is 18.2 Å². The average Bonchev–Trinajstić information content (AvgIpc) is 3.10. The molecule has 1 aromatic heterocycles. The van der Waals surface area contributed by atoms with Crippen LogP contribution in [0.25, 0.3) is 16.5 Å². The van der Waals surface area contributed by atoms with Gasteiger partial charge in [0.1, 0.15) is 5.58 Å². The van der Waals surface area contributed by atoms with Crippen LogP contribution in [0, 0.1) is 5.41 Å². The molecule has 2 aliphatic rings. The lowest BCUT2D eigenvalue weighted by Gasteiger charge is -2.44. The van der Waals surface area contributed by atoms with Crippen molar-refractivity contribution >= 4 is 28.5 Å². The summed E-state index contributed by atoms with van der Waals surface area (Å²) in [5, 5.41) is 1.18. The number of hydrogen-bond donors (Lipinski definition) is 0. The quantitative estimate of drug-likeness (QED) is 0.664. The number of hydroxylamine groups is 2. The van der Waals surface area contributed by atoms with E-state index in [-0.39, 0.29) is 17.5 Å². The van der Waals surface area contributed by atoms with E-state index in [2.05, 4.69) is 0 Å². The van der Waals surface area contributed by atoms with Crippen LogP contribution in [-0.4, -0.2) is 29.8 Å². The Morgan fingerprint density at radius 3 is 2.55 bits per heavy atom. The van der Waals surface area contributed by atoms with Gasteiger partial charge in [-0.25, -0.2) is 9.59 Å². The van der Waals surface area contributed by atoms with E-state index in [9.17, 15) is 22.8 Å². The normalized spacial score (nSPS) is 23.5. The van der Waals surface area contributed by atoms with Crippen molar-refractivity contribution in [2.24, 2.45) is 5.41 Å². The second-order valence-corrected chi connectivity index (χ2v) is 7.29. The van der Waals surface area contributed by atoms with E-state index in [0.29, 0.717) is 11.1 Å². The highest BCUT2D eigenvalue weighted by molar-refractivity contribution is 5.95. The van der Waals surface area contributed by atoms with E-state index < -0.39 is 35.3 Å². The molecule has 6 nitrogen and oxygen atoms in total. The molecule has 1 atom stereocenters. The molecule has 29 heavy (non-hydrogen) atoms. The molecule has 1 unspecified atom stereocenters. The Morgan fingerprint density at radius 1 is 1.10 bits per heavy atom. The number of carbonyl (C=O) groups is 2. The molecule has 4 rings (SSSR count). The van der Waals surface area contributed by atoms with Crippen LogP contribution in [0.4, 0.5) is 13.2 Å². The minimum absolute atomic E-state index is 0.0573. The number of fused-ring (bicyclic) bond motifs is 2. The van der Waals surface area contributed by atoms with E-state index in [1.165, 1.54) is 23.5 Å². The lowest BCUT2D eigenvalue weighted by atomic mass is 9.75. The summed E-state index contributed by atoms with van der Waals surface area (Å²) < 4.78 is 50.8. The van der Waals surface area contributed by atoms with Crippen molar-refractivity contribution in [3.8, 4) is 0 Å². The Morgan fingerprint density at radius 2 is 1.83 bits per heavy atom. The Hall–Kier alpha value is -3.07. The SMILES string of the molecule is CC1(C)C(c2ccc(C(F)(F)F)c3ccoc23)=CCN2OC(=O)/C=C/C(=O)OC21. The molecular weight excluding hydrogens is 391 g/mol. The van der Waals surface area contributed by atoms with Gasteiger partial charge >= 0.3 is 18.1 Å². The molecule has 0 fully saturated rings. The molecule has 0 amide bonds. The number of furan rings is 1. The molecule has 0 spiro atoms. The van der Waals surface area contributed by atoms with Gasteiger partial charge in [0, 0.05) is 28.5 Å². The van der Waals surface area contributed by atoms with Gasteiger partial charge in [0.05, 0.1) is 18.4 Å². The van der Waals surface area contributed by atoms with Crippen LogP contribution in [0.3, 0.4) is 0 Å². The highest BCUT2D eigenvalue weighted by Gasteiger charge is 2.46. The number of alkyl halides is 3. The summed E-state index contributed by atoms with van der Waals surface area (Å²) in [7, 11) is 0. The van der Waals surface area contributed by atoms with Crippen molar-refractivity contribution in [2.75, 3.05) is 6.54 Å². The second-order valence-electron chi connectivity index (χ2n) is 7.29. The first-order valence-corrected chi connectivity index (χ1v) is 8.74. The second kappa shape index (κ2) is 6.48. The largest absolute Gasteiger partial charge is 0.464 e. The van der Waals surface area contributed by atoms with Crippen molar-refractivity contribution in [1.82, 2.24) is 5.06 Å². The third kappa shape index (κ3) is 3.21. The summed E-state index contributed by atoms with van der Waals surface area (Å²) in [6.07, 6.45) is -0.647. The fourth-order valence-electron chi connectivity index (χ4n) is 3.73. The Balaban J connectivity index is 1.83. The Kier molecular flexibility index (Phi) is 4.30. The number of carbonyl (C=O) groups excluding carboxylic acids is 2. The fraction of sp³-hybridized carbons (Fsp3) is 0.300. The van der Waals surface area contributed by atoms with Gasteiger partial charge in [0.25, 0.3) is 0 Å². The predicted molar refractivity (Wildman–Crippen MR) is 94.8 cm³/mol. The van der Waals surface area contributed by atoms with Crippen LogP contribution in [0.5, 0.6) is 0 Å². The summed E-state index contributed by atoms with van der Waals surface area (Å²) in [5.74, 6) is -1.44. The average molecular weight is 407 g/mol. The summed E-state index contributed by atoms with van der Waals surface area (Å²) >= 11 is 0. The molecule has 0 aliphatic carbocycles. The van der Waals surface area contributed by atoms with Crippen molar-refractivity contribution in [3.05, 3.63) is 53.8 Å². The predicted octanol–water partition coefficient (Wildman–Crippen LogP) is 4.07. The summed E-state index contributed by atoms with van der Waals surface area (Å²) in [4.78, 5) is 29.0. The minimum Gasteiger partial charge on any atom is -0.464 e. The first-order chi connectivity index (χ1) is 13.6. The first-order valence-electron chi connectivity index (χ1n) is 8.74. The van der Waals surface area contributed by atoms with Gasteiger partial charge in [0.15, 0.2) is 6.23 Å². The maximum absolute atomic E-state index is 13.3. The molecule has 9 heteroatoms. The van der Waals surface area contributed by atoms with Crippen LogP contribution in [-0.2, 0) is 25.3 Å². The van der Waals surface area contributed by atoms with Crippen LogP contribution in [0.1, 0.15) is 25.0 Å². The Bertz CT molecular complexity index is 1060. The van der Waals surface area contributed by atoms with Crippen molar-refractivity contribution in [3.63, 3.8) is 0 Å². The van der Waals surface area contributed by atoms with Gasteiger partial charge in [-0.2, -0.15) is 13.2 Å². The standard InChI is InChI=1S/C20H16F3NO5/c1-19(2)13(7-9-24-18(19)28-15(25)5-6-16(26)29-24)11-3-4-14(20(21,22)23)12-8-10-27-17(11)12/h3-8,10,18H,9H2,1-2H3/b6-5+. The Labute approximate surface area is 163 Å². The molecule has 0 saturated carbocycles. The number of nitrogens with zero attached hydrogens (tertiary/aromatic N) is 1. The van der Waals surface area contributed by atoms with E-state index in [4.69, 9.17) is 14.0 Å². The van der Waals surface area contributed by atoms with E-state index >= 15 is 0 Å². The monoisotopic (exact) mass is 407 g/mol. The molecule has 0 radical (unpaired) electrons. The van der Waals surface area contributed by atoms with Crippen molar-refractivity contribution in [1.29, 1.82) is 0 Å². The van der Waals surface area contributed by atoms with Crippen LogP contribution in [0.15, 0.2) is 47.1 Å². The molecule has 1 aromatic carbocycles. The molecule has 0 saturated heterocycles. The van der Waals surface area contributed by atoms with Crippen LogP contribution in [0.2, 0.25) is 0 Å². The van der Waals surface area contributed by atoms with Gasteiger partial charge in [-0.15, -0.1) is 0 Å². The van der Waals surface area contributed by atoms with E-state index in [1.807, 2.05) is 0 Å². The van der Waals surface area contributed by atoms with Gasteiger partial charge in [-0.3, -0.25) is 0 Å². The summed E-state index contributed by atoms with van der Waals surface area (Å²) in [5.41, 5.74) is -0.582. The molecule has 2 aromatic rings.